The topological polar surface area (TPSA) is 57.5 Å². The molecule has 2 aliphatic carbocycles. The zero-order valence-corrected chi connectivity index (χ0v) is 10.0. The minimum Gasteiger partial charge on any atom is -0.390 e. The summed E-state index contributed by atoms with van der Waals surface area (Å²) < 4.78 is 0. The van der Waals surface area contributed by atoms with E-state index in [-0.39, 0.29) is 11.7 Å². The number of benzene rings is 1. The zero-order chi connectivity index (χ0) is 12.7. The molecule has 3 heteroatoms. The molecule has 0 spiro atoms. The van der Waals surface area contributed by atoms with Crippen LogP contribution in [-0.2, 0) is 4.79 Å². The second-order valence-corrected chi connectivity index (χ2v) is 5.10. The summed E-state index contributed by atoms with van der Waals surface area (Å²) in [5.74, 6) is -0.0918. The fourth-order valence-corrected chi connectivity index (χ4v) is 3.12. The first-order chi connectivity index (χ1) is 8.68. The van der Waals surface area contributed by atoms with E-state index in [0.29, 0.717) is 19.3 Å². The minimum atomic E-state index is -0.793. The van der Waals surface area contributed by atoms with E-state index >= 15 is 0 Å². The molecule has 0 saturated heterocycles. The smallest absolute Gasteiger partial charge is 0.164 e. The largest absolute Gasteiger partial charge is 0.390 e. The van der Waals surface area contributed by atoms with Crippen LogP contribution in [0.1, 0.15) is 24.8 Å². The molecule has 1 aromatic rings. The van der Waals surface area contributed by atoms with Crippen molar-refractivity contribution in [1.82, 2.24) is 0 Å². The lowest BCUT2D eigenvalue weighted by Gasteiger charge is -2.31. The van der Waals surface area contributed by atoms with Crippen LogP contribution >= 0.6 is 0 Å². The molecule has 3 nitrogen and oxygen atoms in total. The number of carbonyl (C=O) groups excluding carboxylic acids is 1. The van der Waals surface area contributed by atoms with Gasteiger partial charge in [0.15, 0.2) is 5.78 Å². The van der Waals surface area contributed by atoms with Gasteiger partial charge in [0, 0.05) is 17.9 Å². The first-order valence-corrected chi connectivity index (χ1v) is 6.36. The van der Waals surface area contributed by atoms with Crippen molar-refractivity contribution in [2.24, 2.45) is 5.92 Å². The van der Waals surface area contributed by atoms with Crippen LogP contribution in [0.3, 0.4) is 0 Å². The lowest BCUT2D eigenvalue weighted by atomic mass is 9.80. The van der Waals surface area contributed by atoms with Crippen molar-refractivity contribution in [1.29, 1.82) is 0 Å². The fourth-order valence-electron chi connectivity index (χ4n) is 3.12. The number of aliphatic hydroxyl groups excluding tert-OH is 2. The molecule has 0 unspecified atom stereocenters. The second-order valence-electron chi connectivity index (χ2n) is 5.10. The van der Waals surface area contributed by atoms with Gasteiger partial charge in [-0.3, -0.25) is 4.79 Å². The summed E-state index contributed by atoms with van der Waals surface area (Å²) in [5.41, 5.74) is 2.74. The number of aliphatic hydroxyl groups is 2. The zero-order valence-electron chi connectivity index (χ0n) is 10.0. The minimum absolute atomic E-state index is 0.0920. The van der Waals surface area contributed by atoms with Crippen molar-refractivity contribution in [3.63, 3.8) is 0 Å². The molecule has 1 aromatic carbocycles. The van der Waals surface area contributed by atoms with E-state index in [1.54, 1.807) is 0 Å². The number of hydrogen-bond donors (Lipinski definition) is 2. The summed E-state index contributed by atoms with van der Waals surface area (Å²) in [6.07, 6.45) is 0.0911. The lowest BCUT2D eigenvalue weighted by molar-refractivity contribution is -0.115. The normalized spacial score (nSPS) is 31.7. The molecule has 0 amide bonds. The van der Waals surface area contributed by atoms with Gasteiger partial charge in [-0.1, -0.05) is 35.9 Å². The van der Waals surface area contributed by atoms with Crippen molar-refractivity contribution in [2.45, 2.75) is 31.5 Å². The molecule has 0 aromatic heterocycles. The Hall–Kier alpha value is -1.45. The van der Waals surface area contributed by atoms with Gasteiger partial charge in [0.05, 0.1) is 12.2 Å². The molecule has 3 rings (SSSR count). The van der Waals surface area contributed by atoms with Crippen molar-refractivity contribution in [2.75, 3.05) is 0 Å². The third-order valence-electron chi connectivity index (χ3n) is 4.03. The van der Waals surface area contributed by atoms with Crippen LogP contribution in [0, 0.1) is 5.92 Å². The second kappa shape index (κ2) is 4.34. The average molecular weight is 244 g/mol. The Labute approximate surface area is 106 Å². The molecule has 94 valence electrons. The van der Waals surface area contributed by atoms with E-state index < -0.39 is 12.2 Å². The van der Waals surface area contributed by atoms with Crippen molar-refractivity contribution >= 4 is 11.4 Å². The van der Waals surface area contributed by atoms with Gasteiger partial charge in [-0.25, -0.2) is 0 Å². The Morgan fingerprint density at radius 3 is 2.56 bits per heavy atom. The summed E-state index contributed by atoms with van der Waals surface area (Å²) in [5, 5.41) is 19.7. The van der Waals surface area contributed by atoms with E-state index in [1.807, 2.05) is 30.3 Å². The van der Waals surface area contributed by atoms with Crippen LogP contribution in [0.25, 0.3) is 5.57 Å². The Bertz CT molecular complexity index is 504. The molecule has 0 heterocycles. The molecule has 18 heavy (non-hydrogen) atoms. The summed E-state index contributed by atoms with van der Waals surface area (Å²) in [6.45, 7) is 0. The van der Waals surface area contributed by atoms with Gasteiger partial charge in [-0.05, 0) is 18.4 Å². The summed E-state index contributed by atoms with van der Waals surface area (Å²) in [6, 6.07) is 9.61. The van der Waals surface area contributed by atoms with Gasteiger partial charge in [0.2, 0.25) is 0 Å². The van der Waals surface area contributed by atoms with E-state index in [0.717, 1.165) is 16.7 Å². The maximum absolute atomic E-state index is 12.1. The molecular formula is C15H16O3. The first-order valence-electron chi connectivity index (χ1n) is 6.36. The number of Topliss-reactive ketones (excluding diaryl/α,β-unsaturated/α-hetero) is 1. The van der Waals surface area contributed by atoms with Gasteiger partial charge in [-0.15, -0.1) is 0 Å². The van der Waals surface area contributed by atoms with Crippen LogP contribution < -0.4 is 0 Å². The lowest BCUT2D eigenvalue weighted by Crippen LogP contribution is -2.37. The molecule has 1 saturated carbocycles. The summed E-state index contributed by atoms with van der Waals surface area (Å²) in [7, 11) is 0. The number of hydrogen-bond acceptors (Lipinski definition) is 3. The van der Waals surface area contributed by atoms with E-state index in [4.69, 9.17) is 0 Å². The molecule has 2 N–H and O–H groups in total. The predicted octanol–water partition coefficient (Wildman–Crippen LogP) is 1.54. The molecule has 0 radical (unpaired) electrons. The van der Waals surface area contributed by atoms with Gasteiger partial charge >= 0.3 is 0 Å². The highest BCUT2D eigenvalue weighted by Crippen LogP contribution is 2.43. The summed E-state index contributed by atoms with van der Waals surface area (Å²) in [4.78, 5) is 12.1. The Morgan fingerprint density at radius 2 is 1.83 bits per heavy atom. The van der Waals surface area contributed by atoms with Crippen LogP contribution in [0.5, 0.6) is 0 Å². The first kappa shape index (κ1) is 11.6. The van der Waals surface area contributed by atoms with Crippen LogP contribution in [0.4, 0.5) is 0 Å². The molecule has 0 bridgehead atoms. The van der Waals surface area contributed by atoms with Crippen LogP contribution in [0.2, 0.25) is 0 Å². The van der Waals surface area contributed by atoms with Gasteiger partial charge in [-0.2, -0.15) is 0 Å². The number of fused-ring (bicyclic) bond motifs is 1. The van der Waals surface area contributed by atoms with Crippen LogP contribution in [-0.4, -0.2) is 28.2 Å². The third-order valence-corrected chi connectivity index (χ3v) is 4.03. The van der Waals surface area contributed by atoms with E-state index in [1.165, 1.54) is 0 Å². The van der Waals surface area contributed by atoms with Gasteiger partial charge < -0.3 is 10.2 Å². The van der Waals surface area contributed by atoms with Crippen molar-refractivity contribution in [3.05, 3.63) is 41.5 Å². The Balaban J connectivity index is 2.05. The monoisotopic (exact) mass is 244 g/mol. The highest BCUT2D eigenvalue weighted by molar-refractivity contribution is 6.24. The fraction of sp³-hybridized carbons (Fsp3) is 0.400. The molecule has 3 atom stereocenters. The van der Waals surface area contributed by atoms with Crippen molar-refractivity contribution in [3.8, 4) is 0 Å². The molecular weight excluding hydrogens is 228 g/mol. The molecule has 0 aliphatic heterocycles. The Kier molecular flexibility index (Phi) is 2.80. The summed E-state index contributed by atoms with van der Waals surface area (Å²) >= 11 is 0. The average Bonchev–Trinajstić information content (AvgIpc) is 2.72. The van der Waals surface area contributed by atoms with E-state index in [9.17, 15) is 15.0 Å². The highest BCUT2D eigenvalue weighted by atomic mass is 16.3. The quantitative estimate of drug-likeness (QED) is 0.788. The van der Waals surface area contributed by atoms with Gasteiger partial charge in [0.1, 0.15) is 0 Å². The van der Waals surface area contributed by atoms with Crippen LogP contribution in [0.15, 0.2) is 35.9 Å². The SMILES string of the molecule is O=C1C[C@@H]2C(=C1c1ccccc1)CC[C@H](O)[C@H]2O. The predicted molar refractivity (Wildman–Crippen MR) is 67.7 cm³/mol. The highest BCUT2D eigenvalue weighted by Gasteiger charge is 2.42. The Morgan fingerprint density at radius 1 is 1.11 bits per heavy atom. The molecule has 1 fully saturated rings. The molecule has 2 aliphatic rings. The van der Waals surface area contributed by atoms with Gasteiger partial charge in [0.25, 0.3) is 0 Å². The van der Waals surface area contributed by atoms with Crippen molar-refractivity contribution < 1.29 is 15.0 Å². The third kappa shape index (κ3) is 1.71. The number of carbonyl (C=O) groups is 1. The van der Waals surface area contributed by atoms with E-state index in [2.05, 4.69) is 0 Å². The maximum atomic E-state index is 12.1. The maximum Gasteiger partial charge on any atom is 0.164 e. The number of allylic oxidation sites excluding steroid dienone is 1. The number of ketones is 1. The number of rotatable bonds is 1. The standard InChI is InChI=1S/C15H16O3/c16-12-7-6-10-11(15(12)18)8-13(17)14(10)9-4-2-1-3-5-9/h1-5,11-12,15-16,18H,6-8H2/t11-,12+,15+/m1/s1.